The van der Waals surface area contributed by atoms with Gasteiger partial charge >= 0.3 is 0 Å². The number of methoxy groups -OCH3 is 2. The summed E-state index contributed by atoms with van der Waals surface area (Å²) in [7, 11) is 3.26. The standard InChI is InChI=1S/C21H18N2O3S/c1-24-14-7-5-6-13(10-14)22-21(27)23-17-12-19-16(11-20(17)25-2)15-8-3-4-9-18(15)26-19/h3-12H,1-2H3,(H2,22,23,27). The highest BCUT2D eigenvalue weighted by molar-refractivity contribution is 7.80. The van der Waals surface area contributed by atoms with E-state index >= 15 is 0 Å². The second-order valence-electron chi connectivity index (χ2n) is 5.96. The van der Waals surface area contributed by atoms with Crippen molar-refractivity contribution in [3.05, 3.63) is 60.7 Å². The van der Waals surface area contributed by atoms with Crippen molar-refractivity contribution in [2.24, 2.45) is 0 Å². The summed E-state index contributed by atoms with van der Waals surface area (Å²) in [5.41, 5.74) is 3.16. The van der Waals surface area contributed by atoms with Gasteiger partial charge in [-0.25, -0.2) is 0 Å². The minimum absolute atomic E-state index is 0.442. The van der Waals surface area contributed by atoms with Crippen molar-refractivity contribution in [2.45, 2.75) is 0 Å². The molecule has 4 rings (SSSR count). The molecule has 27 heavy (non-hydrogen) atoms. The minimum atomic E-state index is 0.442. The quantitative estimate of drug-likeness (QED) is 0.463. The predicted molar refractivity (Wildman–Crippen MR) is 113 cm³/mol. The number of para-hydroxylation sites is 1. The number of thiocarbonyl (C=S) groups is 1. The van der Waals surface area contributed by atoms with Crippen LogP contribution in [0.25, 0.3) is 21.9 Å². The van der Waals surface area contributed by atoms with Gasteiger partial charge in [-0.1, -0.05) is 24.3 Å². The summed E-state index contributed by atoms with van der Waals surface area (Å²) in [6, 6.07) is 19.3. The Morgan fingerprint density at radius 2 is 1.70 bits per heavy atom. The number of furan rings is 1. The van der Waals surface area contributed by atoms with Crippen molar-refractivity contribution in [1.82, 2.24) is 0 Å². The van der Waals surface area contributed by atoms with Gasteiger partial charge in [0, 0.05) is 28.6 Å². The molecule has 0 aliphatic carbocycles. The number of fused-ring (bicyclic) bond motifs is 3. The molecular formula is C21H18N2O3S. The van der Waals surface area contributed by atoms with E-state index in [1.54, 1.807) is 14.2 Å². The van der Waals surface area contributed by atoms with Gasteiger partial charge in [0.1, 0.15) is 22.7 Å². The molecule has 0 amide bonds. The summed E-state index contributed by atoms with van der Waals surface area (Å²) < 4.78 is 16.7. The smallest absolute Gasteiger partial charge is 0.175 e. The van der Waals surface area contributed by atoms with Crippen LogP contribution in [0.5, 0.6) is 11.5 Å². The molecule has 0 aliphatic heterocycles. The van der Waals surface area contributed by atoms with Gasteiger partial charge in [0.25, 0.3) is 0 Å². The Balaban J connectivity index is 1.64. The number of benzene rings is 3. The molecule has 0 unspecified atom stereocenters. The van der Waals surface area contributed by atoms with E-state index in [9.17, 15) is 0 Å². The molecule has 6 heteroatoms. The molecule has 2 N–H and O–H groups in total. The first-order valence-electron chi connectivity index (χ1n) is 8.39. The third kappa shape index (κ3) is 3.39. The highest BCUT2D eigenvalue weighted by Crippen LogP contribution is 2.36. The summed E-state index contributed by atoms with van der Waals surface area (Å²) in [4.78, 5) is 0. The van der Waals surface area contributed by atoms with E-state index < -0.39 is 0 Å². The van der Waals surface area contributed by atoms with Crippen LogP contribution in [0, 0.1) is 0 Å². The van der Waals surface area contributed by atoms with Crippen molar-refractivity contribution in [1.29, 1.82) is 0 Å². The summed E-state index contributed by atoms with van der Waals surface area (Å²) in [6.45, 7) is 0. The predicted octanol–water partition coefficient (Wildman–Crippen LogP) is 5.41. The van der Waals surface area contributed by atoms with Gasteiger partial charge in [-0.05, 0) is 36.5 Å². The lowest BCUT2D eigenvalue weighted by Gasteiger charge is -2.14. The highest BCUT2D eigenvalue weighted by Gasteiger charge is 2.13. The molecule has 0 saturated carbocycles. The minimum Gasteiger partial charge on any atom is -0.497 e. The number of hydrogen-bond acceptors (Lipinski definition) is 4. The molecule has 0 saturated heterocycles. The van der Waals surface area contributed by atoms with Crippen LogP contribution in [-0.2, 0) is 0 Å². The highest BCUT2D eigenvalue weighted by atomic mass is 32.1. The van der Waals surface area contributed by atoms with Gasteiger partial charge in [0.05, 0.1) is 19.9 Å². The Bertz CT molecular complexity index is 1140. The molecule has 0 fully saturated rings. The fraction of sp³-hybridized carbons (Fsp3) is 0.0952. The Morgan fingerprint density at radius 3 is 2.52 bits per heavy atom. The zero-order valence-electron chi connectivity index (χ0n) is 14.9. The summed E-state index contributed by atoms with van der Waals surface area (Å²) in [5, 5.41) is 8.82. The van der Waals surface area contributed by atoms with Crippen LogP contribution in [0.15, 0.2) is 65.1 Å². The molecule has 0 spiro atoms. The average molecular weight is 378 g/mol. The van der Waals surface area contributed by atoms with Crippen LogP contribution in [0.4, 0.5) is 11.4 Å². The SMILES string of the molecule is COc1cccc(NC(=S)Nc2cc3oc4ccccc4c3cc2OC)c1. The summed E-state index contributed by atoms with van der Waals surface area (Å²) in [6.07, 6.45) is 0. The number of hydrogen-bond donors (Lipinski definition) is 2. The number of nitrogens with one attached hydrogen (secondary N) is 2. The molecule has 0 radical (unpaired) electrons. The van der Waals surface area contributed by atoms with E-state index in [0.717, 1.165) is 39.1 Å². The van der Waals surface area contributed by atoms with Gasteiger partial charge in [-0.3, -0.25) is 0 Å². The largest absolute Gasteiger partial charge is 0.497 e. The van der Waals surface area contributed by atoms with E-state index in [0.29, 0.717) is 10.9 Å². The Labute approximate surface area is 161 Å². The normalized spacial score (nSPS) is 10.7. The Kier molecular flexibility index (Phi) is 4.56. The molecule has 0 aliphatic rings. The molecular weight excluding hydrogens is 360 g/mol. The third-order valence-electron chi connectivity index (χ3n) is 4.27. The lowest BCUT2D eigenvalue weighted by atomic mass is 10.1. The maximum atomic E-state index is 5.95. The number of anilines is 2. The second-order valence-corrected chi connectivity index (χ2v) is 6.37. The maximum Gasteiger partial charge on any atom is 0.175 e. The first kappa shape index (κ1) is 17.2. The van der Waals surface area contributed by atoms with Gasteiger partial charge in [0.2, 0.25) is 0 Å². The molecule has 0 atom stereocenters. The van der Waals surface area contributed by atoms with Crippen LogP contribution in [-0.4, -0.2) is 19.3 Å². The van der Waals surface area contributed by atoms with E-state index in [-0.39, 0.29) is 0 Å². The van der Waals surface area contributed by atoms with E-state index in [4.69, 9.17) is 26.1 Å². The number of ether oxygens (including phenoxy) is 2. The van der Waals surface area contributed by atoms with Crippen LogP contribution in [0.2, 0.25) is 0 Å². The zero-order chi connectivity index (χ0) is 18.8. The van der Waals surface area contributed by atoms with Gasteiger partial charge < -0.3 is 24.5 Å². The van der Waals surface area contributed by atoms with Crippen LogP contribution >= 0.6 is 12.2 Å². The second kappa shape index (κ2) is 7.17. The van der Waals surface area contributed by atoms with Crippen LogP contribution < -0.4 is 20.1 Å². The summed E-state index contributed by atoms with van der Waals surface area (Å²) in [5.74, 6) is 1.44. The fourth-order valence-corrected chi connectivity index (χ4v) is 3.23. The maximum absolute atomic E-state index is 5.95. The van der Waals surface area contributed by atoms with E-state index in [1.807, 2.05) is 60.7 Å². The van der Waals surface area contributed by atoms with Crippen LogP contribution in [0.1, 0.15) is 0 Å². The molecule has 1 aromatic heterocycles. The van der Waals surface area contributed by atoms with Crippen LogP contribution in [0.3, 0.4) is 0 Å². The van der Waals surface area contributed by atoms with E-state index in [2.05, 4.69) is 10.6 Å². The molecule has 1 heterocycles. The molecule has 3 aromatic carbocycles. The van der Waals surface area contributed by atoms with Gasteiger partial charge in [-0.2, -0.15) is 0 Å². The Morgan fingerprint density at radius 1 is 0.852 bits per heavy atom. The fourth-order valence-electron chi connectivity index (χ4n) is 3.00. The molecule has 0 bridgehead atoms. The lowest BCUT2D eigenvalue weighted by Crippen LogP contribution is -2.19. The van der Waals surface area contributed by atoms with Crippen molar-refractivity contribution in [3.8, 4) is 11.5 Å². The number of rotatable bonds is 4. The molecule has 5 nitrogen and oxygen atoms in total. The van der Waals surface area contributed by atoms with Crippen molar-refractivity contribution < 1.29 is 13.9 Å². The monoisotopic (exact) mass is 378 g/mol. The molecule has 4 aromatic rings. The third-order valence-corrected chi connectivity index (χ3v) is 4.48. The van der Waals surface area contributed by atoms with Gasteiger partial charge in [0.15, 0.2) is 5.11 Å². The Hall–Kier alpha value is -3.25. The van der Waals surface area contributed by atoms with Crippen molar-refractivity contribution >= 4 is 50.6 Å². The van der Waals surface area contributed by atoms with Crippen molar-refractivity contribution in [3.63, 3.8) is 0 Å². The zero-order valence-corrected chi connectivity index (χ0v) is 15.7. The van der Waals surface area contributed by atoms with E-state index in [1.165, 1.54) is 0 Å². The molecule has 136 valence electrons. The van der Waals surface area contributed by atoms with Gasteiger partial charge in [-0.15, -0.1) is 0 Å². The average Bonchev–Trinajstić information content (AvgIpc) is 3.04. The first-order chi connectivity index (χ1) is 13.2. The van der Waals surface area contributed by atoms with Crippen molar-refractivity contribution in [2.75, 3.05) is 24.9 Å². The topological polar surface area (TPSA) is 55.7 Å². The lowest BCUT2D eigenvalue weighted by molar-refractivity contribution is 0.415. The first-order valence-corrected chi connectivity index (χ1v) is 8.80. The summed E-state index contributed by atoms with van der Waals surface area (Å²) >= 11 is 5.44.